The van der Waals surface area contributed by atoms with Gasteiger partial charge < -0.3 is 24.8 Å². The van der Waals surface area contributed by atoms with E-state index < -0.39 is 30.4 Å². The Bertz CT molecular complexity index is 977. The first kappa shape index (κ1) is 23.4. The van der Waals surface area contributed by atoms with Crippen LogP contribution in [0, 0.1) is 5.92 Å². The van der Waals surface area contributed by atoms with Crippen LogP contribution in [0.25, 0.3) is 0 Å². The summed E-state index contributed by atoms with van der Waals surface area (Å²) in [6, 6.07) is 10.4. The van der Waals surface area contributed by atoms with E-state index in [0.717, 1.165) is 0 Å². The zero-order chi connectivity index (χ0) is 23.1. The van der Waals surface area contributed by atoms with E-state index in [-0.39, 0.29) is 5.92 Å². The van der Waals surface area contributed by atoms with Gasteiger partial charge in [0.1, 0.15) is 19.3 Å². The van der Waals surface area contributed by atoms with Gasteiger partial charge in [-0.05, 0) is 48.7 Å². The van der Waals surface area contributed by atoms with E-state index in [1.165, 1.54) is 0 Å². The zero-order valence-corrected chi connectivity index (χ0v) is 18.6. The van der Waals surface area contributed by atoms with Crippen LogP contribution in [-0.4, -0.2) is 43.6 Å². The molecule has 1 aliphatic heterocycles. The van der Waals surface area contributed by atoms with Gasteiger partial charge >= 0.3 is 5.97 Å². The standard InChI is InChI=1S/C23H25ClN2O6/c1-14(2)11-18(26-22(28)15-3-5-16(24)6-4-15)23(29)32-13-21(27)25-17-7-8-19-20(12-17)31-10-9-30-19/h3-8,12,14,18H,9-11,13H2,1-2H3,(H,25,27)(H,26,28)/t18-/m1/s1. The predicted octanol–water partition coefficient (Wildman–Crippen LogP) is 3.44. The molecule has 0 saturated carbocycles. The molecule has 2 aromatic carbocycles. The zero-order valence-electron chi connectivity index (χ0n) is 17.9. The number of amides is 2. The van der Waals surface area contributed by atoms with E-state index in [1.54, 1.807) is 42.5 Å². The van der Waals surface area contributed by atoms with Crippen LogP contribution in [0.1, 0.15) is 30.6 Å². The Balaban J connectivity index is 1.55. The van der Waals surface area contributed by atoms with Gasteiger partial charge in [0.05, 0.1) is 0 Å². The summed E-state index contributed by atoms with van der Waals surface area (Å²) in [6.07, 6.45) is 0.363. The minimum absolute atomic E-state index is 0.115. The predicted molar refractivity (Wildman–Crippen MR) is 119 cm³/mol. The molecule has 0 aliphatic carbocycles. The summed E-state index contributed by atoms with van der Waals surface area (Å²) in [5.41, 5.74) is 0.859. The van der Waals surface area contributed by atoms with Crippen LogP contribution in [0.3, 0.4) is 0 Å². The molecule has 2 aromatic rings. The second-order valence-electron chi connectivity index (χ2n) is 7.68. The Morgan fingerprint density at radius 3 is 2.41 bits per heavy atom. The average molecular weight is 461 g/mol. The van der Waals surface area contributed by atoms with Crippen molar-refractivity contribution in [2.24, 2.45) is 5.92 Å². The normalized spacial score (nSPS) is 13.2. The van der Waals surface area contributed by atoms with E-state index in [9.17, 15) is 14.4 Å². The molecular weight excluding hydrogens is 436 g/mol. The summed E-state index contributed by atoms with van der Waals surface area (Å²) in [5.74, 6) is -0.364. The van der Waals surface area contributed by atoms with Crippen LogP contribution < -0.4 is 20.1 Å². The Hall–Kier alpha value is -3.26. The molecule has 170 valence electrons. The number of nitrogens with one attached hydrogen (secondary N) is 2. The summed E-state index contributed by atoms with van der Waals surface area (Å²) < 4.78 is 16.1. The van der Waals surface area contributed by atoms with Crippen LogP contribution in [0.4, 0.5) is 5.69 Å². The Labute approximate surface area is 191 Å². The maximum Gasteiger partial charge on any atom is 0.329 e. The molecule has 0 radical (unpaired) electrons. The molecule has 0 spiro atoms. The molecule has 3 rings (SSSR count). The smallest absolute Gasteiger partial charge is 0.329 e. The number of hydrogen-bond acceptors (Lipinski definition) is 6. The van der Waals surface area contributed by atoms with Gasteiger partial charge in [-0.2, -0.15) is 0 Å². The number of fused-ring (bicyclic) bond motifs is 1. The molecule has 0 unspecified atom stereocenters. The molecule has 0 bridgehead atoms. The molecule has 2 amide bonds. The largest absolute Gasteiger partial charge is 0.486 e. The van der Waals surface area contributed by atoms with E-state index in [0.29, 0.717) is 47.4 Å². The van der Waals surface area contributed by atoms with Crippen molar-refractivity contribution >= 4 is 35.1 Å². The van der Waals surface area contributed by atoms with Crippen molar-refractivity contribution in [2.75, 3.05) is 25.1 Å². The highest BCUT2D eigenvalue weighted by Crippen LogP contribution is 2.32. The van der Waals surface area contributed by atoms with Crippen LogP contribution in [0.2, 0.25) is 5.02 Å². The Morgan fingerprint density at radius 1 is 1.03 bits per heavy atom. The van der Waals surface area contributed by atoms with Gasteiger partial charge in [0.2, 0.25) is 0 Å². The summed E-state index contributed by atoms with van der Waals surface area (Å²) >= 11 is 5.85. The maximum atomic E-state index is 12.6. The minimum atomic E-state index is -0.889. The monoisotopic (exact) mass is 460 g/mol. The molecule has 32 heavy (non-hydrogen) atoms. The highest BCUT2D eigenvalue weighted by Gasteiger charge is 2.25. The van der Waals surface area contributed by atoms with Gasteiger partial charge in [0, 0.05) is 22.3 Å². The molecule has 1 aliphatic rings. The molecule has 0 aromatic heterocycles. The van der Waals surface area contributed by atoms with Crippen LogP contribution >= 0.6 is 11.6 Å². The van der Waals surface area contributed by atoms with E-state index in [4.69, 9.17) is 25.8 Å². The lowest BCUT2D eigenvalue weighted by Crippen LogP contribution is -2.43. The average Bonchev–Trinajstić information content (AvgIpc) is 2.77. The van der Waals surface area contributed by atoms with E-state index in [2.05, 4.69) is 10.6 Å². The molecule has 0 saturated heterocycles. The number of rotatable bonds is 8. The fourth-order valence-electron chi connectivity index (χ4n) is 3.08. The van der Waals surface area contributed by atoms with E-state index in [1.807, 2.05) is 13.8 Å². The third-order valence-electron chi connectivity index (χ3n) is 4.57. The van der Waals surface area contributed by atoms with Crippen LogP contribution in [0.15, 0.2) is 42.5 Å². The number of anilines is 1. The van der Waals surface area contributed by atoms with Crippen molar-refractivity contribution in [2.45, 2.75) is 26.3 Å². The molecule has 1 atom stereocenters. The summed E-state index contributed by atoms with van der Waals surface area (Å²) in [7, 11) is 0. The summed E-state index contributed by atoms with van der Waals surface area (Å²) in [4.78, 5) is 37.3. The maximum absolute atomic E-state index is 12.6. The first-order chi connectivity index (χ1) is 15.3. The number of carbonyl (C=O) groups excluding carboxylic acids is 3. The lowest BCUT2D eigenvalue weighted by Gasteiger charge is -2.20. The Morgan fingerprint density at radius 2 is 1.72 bits per heavy atom. The number of benzene rings is 2. The SMILES string of the molecule is CC(C)C[C@@H](NC(=O)c1ccc(Cl)cc1)C(=O)OCC(=O)Nc1ccc2c(c1)OCCO2. The molecule has 8 nitrogen and oxygen atoms in total. The topological polar surface area (TPSA) is 103 Å². The van der Waals surface area contributed by atoms with Gasteiger partial charge in [-0.3, -0.25) is 9.59 Å². The van der Waals surface area contributed by atoms with Crippen molar-refractivity contribution < 1.29 is 28.6 Å². The number of ether oxygens (including phenoxy) is 3. The van der Waals surface area contributed by atoms with Gasteiger partial charge in [-0.25, -0.2) is 4.79 Å². The van der Waals surface area contributed by atoms with E-state index >= 15 is 0 Å². The molecule has 2 N–H and O–H groups in total. The molecule has 9 heteroatoms. The number of hydrogen-bond donors (Lipinski definition) is 2. The van der Waals surface area contributed by atoms with Gasteiger partial charge in [0.25, 0.3) is 11.8 Å². The number of esters is 1. The number of halogens is 1. The fraction of sp³-hybridized carbons (Fsp3) is 0.348. The lowest BCUT2D eigenvalue weighted by atomic mass is 10.0. The summed E-state index contributed by atoms with van der Waals surface area (Å²) in [5, 5.41) is 5.82. The van der Waals surface area contributed by atoms with Gasteiger partial charge in [-0.15, -0.1) is 0 Å². The minimum Gasteiger partial charge on any atom is -0.486 e. The van der Waals surface area contributed by atoms with Crippen molar-refractivity contribution in [1.82, 2.24) is 5.32 Å². The summed E-state index contributed by atoms with van der Waals surface area (Å²) in [6.45, 7) is 4.26. The van der Waals surface area contributed by atoms with Crippen molar-refractivity contribution in [3.8, 4) is 11.5 Å². The molecule has 1 heterocycles. The second-order valence-corrected chi connectivity index (χ2v) is 8.11. The molecule has 0 fully saturated rings. The third-order valence-corrected chi connectivity index (χ3v) is 4.83. The highest BCUT2D eigenvalue weighted by molar-refractivity contribution is 6.30. The third kappa shape index (κ3) is 6.62. The first-order valence-electron chi connectivity index (χ1n) is 10.2. The van der Waals surface area contributed by atoms with Crippen LogP contribution in [-0.2, 0) is 14.3 Å². The van der Waals surface area contributed by atoms with Gasteiger partial charge in [0.15, 0.2) is 18.1 Å². The fourth-order valence-corrected chi connectivity index (χ4v) is 3.21. The quantitative estimate of drug-likeness (QED) is 0.585. The number of carbonyl (C=O) groups is 3. The van der Waals surface area contributed by atoms with Crippen molar-refractivity contribution in [3.05, 3.63) is 53.1 Å². The second kappa shape index (κ2) is 10.9. The van der Waals surface area contributed by atoms with Gasteiger partial charge in [-0.1, -0.05) is 25.4 Å². The van der Waals surface area contributed by atoms with Crippen LogP contribution in [0.5, 0.6) is 11.5 Å². The van der Waals surface area contributed by atoms with Crippen molar-refractivity contribution in [1.29, 1.82) is 0 Å². The lowest BCUT2D eigenvalue weighted by molar-refractivity contribution is -0.149. The first-order valence-corrected chi connectivity index (χ1v) is 10.6. The highest BCUT2D eigenvalue weighted by atomic mass is 35.5. The van der Waals surface area contributed by atoms with Crippen molar-refractivity contribution in [3.63, 3.8) is 0 Å². The molecular formula is C23H25ClN2O6. The Kier molecular flexibility index (Phi) is 7.94.